The summed E-state index contributed by atoms with van der Waals surface area (Å²) in [6, 6.07) is 1.24. The van der Waals surface area contributed by atoms with E-state index >= 15 is 0 Å². The molecule has 0 aromatic carbocycles. The molecule has 2 bridgehead atoms. The lowest BCUT2D eigenvalue weighted by molar-refractivity contribution is 0.355. The number of hydrogen-bond acceptors (Lipinski definition) is 6. The van der Waals surface area contributed by atoms with Gasteiger partial charge in [0.1, 0.15) is 0 Å². The van der Waals surface area contributed by atoms with E-state index in [0.717, 1.165) is 17.5 Å². The van der Waals surface area contributed by atoms with E-state index in [1.165, 1.54) is 36.5 Å². The van der Waals surface area contributed by atoms with Gasteiger partial charge < -0.3 is 10.2 Å². The fraction of sp³-hybridized carbons (Fsp3) is 0.733. The summed E-state index contributed by atoms with van der Waals surface area (Å²) in [5.74, 6) is 0.993. The maximum absolute atomic E-state index is 4.86. The lowest BCUT2D eigenvalue weighted by Crippen LogP contribution is -2.43. The van der Waals surface area contributed by atoms with Gasteiger partial charge in [0.2, 0.25) is 0 Å². The van der Waals surface area contributed by atoms with Gasteiger partial charge in [-0.3, -0.25) is 9.98 Å². The number of rotatable bonds is 2. The summed E-state index contributed by atoms with van der Waals surface area (Å²) < 4.78 is 0. The molecule has 4 rings (SSSR count). The van der Waals surface area contributed by atoms with Crippen LogP contribution in [0.1, 0.15) is 39.5 Å². The summed E-state index contributed by atoms with van der Waals surface area (Å²) in [5, 5.41) is 8.20. The fourth-order valence-electron chi connectivity index (χ4n) is 3.43. The zero-order chi connectivity index (χ0) is 14.4. The molecule has 114 valence electrons. The van der Waals surface area contributed by atoms with Gasteiger partial charge in [-0.25, -0.2) is 0 Å². The van der Waals surface area contributed by atoms with Crippen molar-refractivity contribution in [1.29, 1.82) is 0 Å². The monoisotopic (exact) mass is 322 g/mol. The average Bonchev–Trinajstić information content (AvgIpc) is 2.91. The number of fused-ring (bicyclic) bond motifs is 3. The molecular weight excluding hydrogens is 300 g/mol. The maximum atomic E-state index is 4.86. The molecule has 4 nitrogen and oxygen atoms in total. The van der Waals surface area contributed by atoms with E-state index in [4.69, 9.17) is 9.98 Å². The second-order valence-electron chi connectivity index (χ2n) is 6.90. The molecule has 6 heteroatoms. The molecule has 1 fully saturated rings. The first kappa shape index (κ1) is 14.0. The predicted octanol–water partition coefficient (Wildman–Crippen LogP) is 3.03. The summed E-state index contributed by atoms with van der Waals surface area (Å²) in [7, 11) is 0. The standard InChI is InChI=1S/C15H22N4S2/c1-15(2)9-19-12(8-21-14(19)18-15)7-20-13-16-10-4-3-5-11(6-10)17-13/h8,10-11H,3-7,9H2,1-2H3,(H,16,17)/t10-,11+. The van der Waals surface area contributed by atoms with Gasteiger partial charge in [0.15, 0.2) is 10.3 Å². The smallest absolute Gasteiger partial charge is 0.168 e. The zero-order valence-corrected chi connectivity index (χ0v) is 14.3. The van der Waals surface area contributed by atoms with Crippen LogP contribution in [0.5, 0.6) is 0 Å². The number of thioether (sulfide) groups is 2. The zero-order valence-electron chi connectivity index (χ0n) is 12.6. The highest BCUT2D eigenvalue weighted by atomic mass is 32.2. The first-order valence-electron chi connectivity index (χ1n) is 7.79. The van der Waals surface area contributed by atoms with Crippen molar-refractivity contribution in [3.8, 4) is 0 Å². The van der Waals surface area contributed by atoms with Crippen LogP contribution in [-0.2, 0) is 0 Å². The molecular formula is C15H22N4S2. The molecule has 0 aromatic heterocycles. The van der Waals surface area contributed by atoms with Crippen LogP contribution < -0.4 is 5.32 Å². The third kappa shape index (κ3) is 2.84. The van der Waals surface area contributed by atoms with Crippen LogP contribution in [0.25, 0.3) is 0 Å². The van der Waals surface area contributed by atoms with E-state index in [2.05, 4.69) is 29.5 Å². The van der Waals surface area contributed by atoms with E-state index in [0.29, 0.717) is 12.1 Å². The van der Waals surface area contributed by atoms with E-state index in [-0.39, 0.29) is 5.54 Å². The van der Waals surface area contributed by atoms with Gasteiger partial charge in [-0.05, 0) is 44.9 Å². The van der Waals surface area contributed by atoms with E-state index in [1.807, 2.05) is 11.8 Å². The van der Waals surface area contributed by atoms with Crippen molar-refractivity contribution in [3.05, 3.63) is 11.1 Å². The number of hydrogen-bond donors (Lipinski definition) is 1. The molecule has 1 N–H and O–H groups in total. The van der Waals surface area contributed by atoms with Crippen molar-refractivity contribution in [1.82, 2.24) is 10.2 Å². The van der Waals surface area contributed by atoms with Crippen molar-refractivity contribution in [3.63, 3.8) is 0 Å². The van der Waals surface area contributed by atoms with Gasteiger partial charge in [-0.1, -0.05) is 23.5 Å². The summed E-state index contributed by atoms with van der Waals surface area (Å²) in [4.78, 5) is 12.0. The molecule has 3 aliphatic heterocycles. The second kappa shape index (κ2) is 5.23. The van der Waals surface area contributed by atoms with Gasteiger partial charge in [-0.2, -0.15) is 0 Å². The Morgan fingerprint density at radius 2 is 2.38 bits per heavy atom. The van der Waals surface area contributed by atoms with Crippen LogP contribution in [0.15, 0.2) is 21.1 Å². The molecule has 0 amide bonds. The van der Waals surface area contributed by atoms with Crippen LogP contribution in [0, 0.1) is 0 Å². The highest BCUT2D eigenvalue weighted by molar-refractivity contribution is 8.17. The Labute approximate surface area is 134 Å². The van der Waals surface area contributed by atoms with Crippen molar-refractivity contribution in [2.45, 2.75) is 57.2 Å². The largest absolute Gasteiger partial charge is 0.362 e. The van der Waals surface area contributed by atoms with Crippen LogP contribution in [0.4, 0.5) is 0 Å². The van der Waals surface area contributed by atoms with Gasteiger partial charge >= 0.3 is 0 Å². The third-order valence-corrected chi connectivity index (χ3v) is 6.30. The van der Waals surface area contributed by atoms with Crippen LogP contribution in [-0.4, -0.2) is 45.2 Å². The minimum atomic E-state index is 0.0597. The second-order valence-corrected chi connectivity index (χ2v) is 8.71. The molecule has 0 radical (unpaired) electrons. The normalized spacial score (nSPS) is 33.0. The first-order valence-corrected chi connectivity index (χ1v) is 9.66. The van der Waals surface area contributed by atoms with Gasteiger partial charge in [-0.15, -0.1) is 0 Å². The highest BCUT2D eigenvalue weighted by Crippen LogP contribution is 2.37. The molecule has 2 atom stereocenters. The van der Waals surface area contributed by atoms with Gasteiger partial charge in [0, 0.05) is 24.0 Å². The lowest BCUT2D eigenvalue weighted by atomic mass is 9.90. The summed E-state index contributed by atoms with van der Waals surface area (Å²) in [6.07, 6.45) is 5.15. The number of aliphatic imine (C=N–C) groups is 2. The Kier molecular flexibility index (Phi) is 3.49. The number of nitrogens with one attached hydrogen (secondary N) is 1. The maximum Gasteiger partial charge on any atom is 0.168 e. The van der Waals surface area contributed by atoms with Gasteiger partial charge in [0.05, 0.1) is 11.6 Å². The third-order valence-electron chi connectivity index (χ3n) is 4.45. The van der Waals surface area contributed by atoms with Gasteiger partial charge in [0.25, 0.3) is 0 Å². The molecule has 0 saturated heterocycles. The fourth-order valence-corrected chi connectivity index (χ4v) is 5.59. The first-order chi connectivity index (χ1) is 10.1. The number of nitrogens with zero attached hydrogens (tertiary/aromatic N) is 3. The molecule has 21 heavy (non-hydrogen) atoms. The summed E-state index contributed by atoms with van der Waals surface area (Å²) in [5.41, 5.74) is 1.44. The quantitative estimate of drug-likeness (QED) is 0.848. The molecule has 3 heterocycles. The predicted molar refractivity (Wildman–Crippen MR) is 93.0 cm³/mol. The summed E-state index contributed by atoms with van der Waals surface area (Å²) >= 11 is 3.63. The Bertz CT molecular complexity index is 538. The number of amidine groups is 2. The van der Waals surface area contributed by atoms with E-state index in [9.17, 15) is 0 Å². The Morgan fingerprint density at radius 3 is 3.24 bits per heavy atom. The molecule has 0 spiro atoms. The molecule has 4 aliphatic rings. The topological polar surface area (TPSA) is 40.0 Å². The Morgan fingerprint density at radius 1 is 1.48 bits per heavy atom. The van der Waals surface area contributed by atoms with Crippen molar-refractivity contribution in [2.75, 3.05) is 12.3 Å². The average molecular weight is 323 g/mol. The molecule has 0 unspecified atom stereocenters. The molecule has 1 aliphatic carbocycles. The van der Waals surface area contributed by atoms with Crippen LogP contribution in [0.3, 0.4) is 0 Å². The highest BCUT2D eigenvalue weighted by Gasteiger charge is 2.36. The summed E-state index contributed by atoms with van der Waals surface area (Å²) in [6.45, 7) is 5.42. The minimum Gasteiger partial charge on any atom is -0.362 e. The SMILES string of the molecule is CC1(C)CN2C(CSC3=N[C@@H]4CCC[C@@H](C4)N3)=CSC2=N1. The molecule has 0 aromatic rings. The Hall–Kier alpha value is -0.620. The van der Waals surface area contributed by atoms with E-state index in [1.54, 1.807) is 11.8 Å². The van der Waals surface area contributed by atoms with Crippen molar-refractivity contribution >= 4 is 33.9 Å². The van der Waals surface area contributed by atoms with Crippen LogP contribution in [0.2, 0.25) is 0 Å². The molecule has 1 saturated carbocycles. The van der Waals surface area contributed by atoms with Crippen molar-refractivity contribution < 1.29 is 0 Å². The Balaban J connectivity index is 1.38. The van der Waals surface area contributed by atoms with E-state index < -0.39 is 0 Å². The minimum absolute atomic E-state index is 0.0597. The lowest BCUT2D eigenvalue weighted by Gasteiger charge is -2.33. The van der Waals surface area contributed by atoms with Crippen molar-refractivity contribution in [2.24, 2.45) is 9.98 Å². The van der Waals surface area contributed by atoms with Crippen LogP contribution >= 0.6 is 23.5 Å².